The number of amides is 1. The Hall–Kier alpha value is -1.52. The molecule has 0 spiro atoms. The van der Waals surface area contributed by atoms with Crippen LogP contribution in [0.15, 0.2) is 16.7 Å². The van der Waals surface area contributed by atoms with Crippen molar-refractivity contribution in [1.29, 1.82) is 5.26 Å². The van der Waals surface area contributed by atoms with Crippen molar-refractivity contribution in [2.45, 2.75) is 62.7 Å². The standard InChI is InChI=1S/C19H22BrFN4O/c1-18(2)16-15(6-12(20)9-23-16)25(17(18)26)14-7-19(8-14,11-22)24-5-3-4-13(21)10-24/h6,9,13-14H,3-5,7-8,10H2,1-2H3. The number of nitrogens with zero attached hydrogens (tertiary/aromatic N) is 4. The molecule has 1 aromatic heterocycles. The second-order valence-corrected chi connectivity index (χ2v) is 9.13. The lowest BCUT2D eigenvalue weighted by molar-refractivity contribution is -0.123. The molecule has 4 rings (SSSR count). The first-order valence-electron chi connectivity index (χ1n) is 9.08. The number of nitriles is 1. The summed E-state index contributed by atoms with van der Waals surface area (Å²) >= 11 is 3.44. The van der Waals surface area contributed by atoms with Gasteiger partial charge in [0.25, 0.3) is 0 Å². The number of hydrogen-bond acceptors (Lipinski definition) is 4. The quantitative estimate of drug-likeness (QED) is 0.735. The van der Waals surface area contributed by atoms with E-state index >= 15 is 0 Å². The van der Waals surface area contributed by atoms with Crippen LogP contribution in [0.3, 0.4) is 0 Å². The Morgan fingerprint density at radius 3 is 2.81 bits per heavy atom. The Kier molecular flexibility index (Phi) is 4.12. The molecule has 1 saturated heterocycles. The maximum Gasteiger partial charge on any atom is 0.239 e. The molecule has 138 valence electrons. The Morgan fingerprint density at radius 2 is 2.15 bits per heavy atom. The van der Waals surface area contributed by atoms with Crippen molar-refractivity contribution in [2.24, 2.45) is 0 Å². The maximum absolute atomic E-state index is 13.8. The molecule has 26 heavy (non-hydrogen) atoms. The van der Waals surface area contributed by atoms with Gasteiger partial charge in [-0.3, -0.25) is 14.7 Å². The lowest BCUT2D eigenvalue weighted by Crippen LogP contribution is -2.65. The topological polar surface area (TPSA) is 60.2 Å². The van der Waals surface area contributed by atoms with Crippen molar-refractivity contribution in [2.75, 3.05) is 18.0 Å². The summed E-state index contributed by atoms with van der Waals surface area (Å²) in [5, 5.41) is 9.81. The van der Waals surface area contributed by atoms with Gasteiger partial charge in [-0.2, -0.15) is 5.26 Å². The van der Waals surface area contributed by atoms with Gasteiger partial charge in [0, 0.05) is 36.1 Å². The molecule has 3 heterocycles. The summed E-state index contributed by atoms with van der Waals surface area (Å²) < 4.78 is 14.7. The summed E-state index contributed by atoms with van der Waals surface area (Å²) in [6.45, 7) is 4.86. The number of pyridine rings is 1. The Morgan fingerprint density at radius 1 is 1.42 bits per heavy atom. The molecule has 0 radical (unpaired) electrons. The monoisotopic (exact) mass is 420 g/mol. The minimum atomic E-state index is -0.860. The second-order valence-electron chi connectivity index (χ2n) is 8.21. The first-order valence-corrected chi connectivity index (χ1v) is 9.88. The molecular weight excluding hydrogens is 399 g/mol. The predicted molar refractivity (Wildman–Crippen MR) is 99.5 cm³/mol. The molecule has 1 unspecified atom stereocenters. The van der Waals surface area contributed by atoms with Crippen molar-refractivity contribution < 1.29 is 9.18 Å². The van der Waals surface area contributed by atoms with E-state index in [0.717, 1.165) is 28.8 Å². The van der Waals surface area contributed by atoms with Crippen LogP contribution in [0.25, 0.3) is 0 Å². The Bertz CT molecular complexity index is 799. The molecule has 5 nitrogen and oxygen atoms in total. The fourth-order valence-electron chi connectivity index (χ4n) is 4.60. The maximum atomic E-state index is 13.8. The normalized spacial score (nSPS) is 33.5. The van der Waals surface area contributed by atoms with E-state index in [4.69, 9.17) is 0 Å². The highest BCUT2D eigenvalue weighted by Gasteiger charge is 2.57. The van der Waals surface area contributed by atoms with Crippen molar-refractivity contribution in [3.63, 3.8) is 0 Å². The van der Waals surface area contributed by atoms with Gasteiger partial charge in [0.05, 0.1) is 22.9 Å². The van der Waals surface area contributed by atoms with Crippen molar-refractivity contribution in [1.82, 2.24) is 9.88 Å². The summed E-state index contributed by atoms with van der Waals surface area (Å²) in [5.74, 6) is 0.0247. The molecule has 1 aliphatic carbocycles. The summed E-state index contributed by atoms with van der Waals surface area (Å²) in [5.41, 5.74) is 0.285. The molecule has 2 fully saturated rings. The van der Waals surface area contributed by atoms with Gasteiger partial charge < -0.3 is 4.90 Å². The minimum absolute atomic E-state index is 0.0247. The number of halogens is 2. The molecule has 7 heteroatoms. The van der Waals surface area contributed by atoms with E-state index in [1.165, 1.54) is 0 Å². The summed E-state index contributed by atoms with van der Waals surface area (Å²) in [7, 11) is 0. The van der Waals surface area contributed by atoms with Gasteiger partial charge in [-0.1, -0.05) is 0 Å². The van der Waals surface area contributed by atoms with Crippen LogP contribution in [0.5, 0.6) is 0 Å². The number of carbonyl (C=O) groups excluding carboxylic acids is 1. The Labute approximate surface area is 161 Å². The number of hydrogen-bond donors (Lipinski definition) is 0. The zero-order valence-electron chi connectivity index (χ0n) is 15.0. The minimum Gasteiger partial charge on any atom is -0.306 e. The molecule has 0 N–H and O–H groups in total. The molecule has 1 amide bonds. The number of alkyl halides is 1. The van der Waals surface area contributed by atoms with Crippen LogP contribution in [-0.4, -0.2) is 46.6 Å². The first kappa shape index (κ1) is 17.9. The molecule has 1 atom stereocenters. The van der Waals surface area contributed by atoms with Gasteiger partial charge in [0.15, 0.2) is 0 Å². The third-order valence-corrected chi connectivity index (χ3v) is 6.56. The Balaban J connectivity index is 1.60. The molecule has 0 bridgehead atoms. The van der Waals surface area contributed by atoms with E-state index in [1.807, 2.05) is 29.7 Å². The van der Waals surface area contributed by atoms with Crippen LogP contribution in [0.4, 0.5) is 10.1 Å². The molecule has 2 aliphatic heterocycles. The fourth-order valence-corrected chi connectivity index (χ4v) is 4.92. The second kappa shape index (κ2) is 6.00. The summed E-state index contributed by atoms with van der Waals surface area (Å²) in [6.07, 6.45) is 3.33. The lowest BCUT2D eigenvalue weighted by atomic mass is 9.70. The van der Waals surface area contributed by atoms with Crippen molar-refractivity contribution in [3.05, 3.63) is 22.4 Å². The van der Waals surface area contributed by atoms with Gasteiger partial charge in [-0.15, -0.1) is 0 Å². The highest BCUT2D eigenvalue weighted by Crippen LogP contribution is 2.49. The third kappa shape index (κ3) is 2.49. The summed E-state index contributed by atoms with van der Waals surface area (Å²) in [6, 6.07) is 4.31. The van der Waals surface area contributed by atoms with Gasteiger partial charge in [0.1, 0.15) is 11.7 Å². The molecule has 1 saturated carbocycles. The summed E-state index contributed by atoms with van der Waals surface area (Å²) in [4.78, 5) is 21.4. The average molecular weight is 421 g/mol. The van der Waals surface area contributed by atoms with E-state index in [1.54, 1.807) is 6.20 Å². The molecule has 3 aliphatic rings. The number of anilines is 1. The van der Waals surface area contributed by atoms with Crippen molar-refractivity contribution in [3.8, 4) is 6.07 Å². The molecular formula is C19H22BrFN4O. The zero-order chi connectivity index (χ0) is 18.7. The first-order chi connectivity index (χ1) is 12.3. The van der Waals surface area contributed by atoms with Crippen LogP contribution in [0.2, 0.25) is 0 Å². The van der Waals surface area contributed by atoms with Gasteiger partial charge in [0.2, 0.25) is 5.91 Å². The third-order valence-electron chi connectivity index (χ3n) is 6.13. The van der Waals surface area contributed by atoms with Crippen molar-refractivity contribution >= 4 is 27.5 Å². The number of rotatable bonds is 2. The number of aromatic nitrogens is 1. The van der Waals surface area contributed by atoms with Gasteiger partial charge in [-0.25, -0.2) is 4.39 Å². The lowest BCUT2D eigenvalue weighted by Gasteiger charge is -2.53. The molecule has 1 aromatic rings. The highest BCUT2D eigenvalue weighted by atomic mass is 79.9. The van der Waals surface area contributed by atoms with E-state index in [2.05, 4.69) is 27.0 Å². The molecule has 0 aromatic carbocycles. The predicted octanol–water partition coefficient (Wildman–Crippen LogP) is 3.33. The number of fused-ring (bicyclic) bond motifs is 1. The fraction of sp³-hybridized carbons (Fsp3) is 0.632. The van der Waals surface area contributed by atoms with Crippen LogP contribution >= 0.6 is 15.9 Å². The van der Waals surface area contributed by atoms with Crippen LogP contribution in [0.1, 0.15) is 45.2 Å². The number of carbonyl (C=O) groups is 1. The van der Waals surface area contributed by atoms with Crippen LogP contribution in [0, 0.1) is 11.3 Å². The smallest absolute Gasteiger partial charge is 0.239 e. The largest absolute Gasteiger partial charge is 0.306 e. The van der Waals surface area contributed by atoms with Crippen LogP contribution in [-0.2, 0) is 10.2 Å². The van der Waals surface area contributed by atoms with E-state index in [9.17, 15) is 14.4 Å². The van der Waals surface area contributed by atoms with E-state index < -0.39 is 17.1 Å². The van der Waals surface area contributed by atoms with Gasteiger partial charge in [-0.05, 0) is 55.2 Å². The zero-order valence-corrected chi connectivity index (χ0v) is 16.6. The van der Waals surface area contributed by atoms with Gasteiger partial charge >= 0.3 is 0 Å². The average Bonchev–Trinajstić information content (AvgIpc) is 2.75. The van der Waals surface area contributed by atoms with E-state index in [-0.39, 0.29) is 11.9 Å². The number of likely N-dealkylation sites (tertiary alicyclic amines) is 1. The SMILES string of the molecule is CC1(C)C(=O)N(C2CC(C#N)(N3CCCC(F)C3)C2)c2cc(Br)cnc21. The van der Waals surface area contributed by atoms with Crippen LogP contribution < -0.4 is 4.90 Å². The van der Waals surface area contributed by atoms with E-state index in [0.29, 0.717) is 25.8 Å². The highest BCUT2D eigenvalue weighted by molar-refractivity contribution is 9.10. The number of piperidine rings is 1.